The Morgan fingerprint density at radius 2 is 0.810 bits per heavy atom. The van der Waals surface area contributed by atoms with Gasteiger partial charge in [-0.25, -0.2) is 4.57 Å². The molecule has 0 heterocycles. The van der Waals surface area contributed by atoms with E-state index in [0.29, 0.717) is 12.8 Å². The Hall–Kier alpha value is -1.67. The van der Waals surface area contributed by atoms with Crippen LogP contribution in [0.5, 0.6) is 0 Å². The Labute approximate surface area is 381 Å². The molecular formula is C49H91O13P. The van der Waals surface area contributed by atoms with Gasteiger partial charge in [0.25, 0.3) is 0 Å². The molecule has 1 rings (SSSR count). The van der Waals surface area contributed by atoms with E-state index in [1.54, 1.807) is 0 Å². The van der Waals surface area contributed by atoms with Crippen LogP contribution in [0.4, 0.5) is 0 Å². The Morgan fingerprint density at radius 3 is 1.22 bits per heavy atom. The number of hydrogen-bond acceptors (Lipinski definition) is 12. The highest BCUT2D eigenvalue weighted by atomic mass is 31.2. The molecule has 1 aliphatic carbocycles. The van der Waals surface area contributed by atoms with E-state index in [1.807, 2.05) is 0 Å². The molecule has 8 atom stereocenters. The average molecular weight is 919 g/mol. The first-order valence-corrected chi connectivity index (χ1v) is 26.6. The standard InChI is InChI=1S/C49H91O13P/c1-3-5-7-9-11-13-15-17-19-20-21-22-24-26-28-30-32-34-36-38-43(51)61-41(40-60-63(57,58)62-49-47(55)45(53)44(52)46(54)48(49)56)39-59-42(50)37-35-33-31-29-27-25-23-18-16-14-12-10-8-6-4-2/h14,16-17,19,41,44-49,52-56H,3-13,15,18,20-40H2,1-2H3,(H,57,58)/b16-14+,19-17+/t41-,44?,45-,46?,47?,48?,49?/m1/s1. The zero-order valence-corrected chi connectivity index (χ0v) is 40.3. The lowest BCUT2D eigenvalue weighted by Gasteiger charge is -2.41. The van der Waals surface area contributed by atoms with Gasteiger partial charge < -0.3 is 39.9 Å². The number of aliphatic hydroxyl groups is 5. The molecule has 370 valence electrons. The van der Waals surface area contributed by atoms with Crippen LogP contribution in [0.2, 0.25) is 0 Å². The summed E-state index contributed by atoms with van der Waals surface area (Å²) in [7, 11) is -5.12. The van der Waals surface area contributed by atoms with Gasteiger partial charge in [-0.1, -0.05) is 167 Å². The number of esters is 2. The number of unbranched alkanes of at least 4 members (excludes halogenated alkanes) is 26. The monoisotopic (exact) mass is 919 g/mol. The van der Waals surface area contributed by atoms with E-state index in [2.05, 4.69) is 38.2 Å². The molecule has 63 heavy (non-hydrogen) atoms. The highest BCUT2D eigenvalue weighted by molar-refractivity contribution is 7.47. The van der Waals surface area contributed by atoms with Gasteiger partial charge in [-0.05, 0) is 64.2 Å². The largest absolute Gasteiger partial charge is 0.472 e. The topological polar surface area (TPSA) is 210 Å². The molecule has 0 aromatic carbocycles. The molecule has 0 radical (unpaired) electrons. The summed E-state index contributed by atoms with van der Waals surface area (Å²) < 4.78 is 33.6. The molecule has 13 nitrogen and oxygen atoms in total. The summed E-state index contributed by atoms with van der Waals surface area (Å²) in [5.74, 6) is -1.10. The summed E-state index contributed by atoms with van der Waals surface area (Å²) in [6.07, 6.45) is 30.8. The highest BCUT2D eigenvalue weighted by Crippen LogP contribution is 2.47. The second-order valence-electron chi connectivity index (χ2n) is 17.7. The third-order valence-electron chi connectivity index (χ3n) is 11.8. The van der Waals surface area contributed by atoms with Crippen molar-refractivity contribution in [2.24, 2.45) is 0 Å². The first-order valence-electron chi connectivity index (χ1n) is 25.1. The third kappa shape index (κ3) is 31.8. The Bertz CT molecular complexity index is 1200. The Morgan fingerprint density at radius 1 is 0.476 bits per heavy atom. The number of ether oxygens (including phenoxy) is 2. The van der Waals surface area contributed by atoms with Gasteiger partial charge in [0.1, 0.15) is 43.2 Å². The molecule has 0 aromatic rings. The quantitative estimate of drug-likeness (QED) is 0.0146. The van der Waals surface area contributed by atoms with Crippen molar-refractivity contribution in [3.8, 4) is 0 Å². The molecular weight excluding hydrogens is 827 g/mol. The van der Waals surface area contributed by atoms with E-state index in [0.717, 1.165) is 64.2 Å². The minimum Gasteiger partial charge on any atom is -0.462 e. The number of allylic oxidation sites excluding steroid dienone is 4. The molecule has 0 saturated heterocycles. The second-order valence-corrected chi connectivity index (χ2v) is 19.1. The molecule has 1 saturated carbocycles. The molecule has 0 aliphatic heterocycles. The molecule has 0 bridgehead atoms. The molecule has 6 unspecified atom stereocenters. The Kier molecular flexibility index (Phi) is 37.2. The van der Waals surface area contributed by atoms with Crippen LogP contribution in [-0.4, -0.2) is 98.3 Å². The van der Waals surface area contributed by atoms with E-state index in [1.165, 1.54) is 116 Å². The van der Waals surface area contributed by atoms with Crippen LogP contribution in [0.3, 0.4) is 0 Å². The van der Waals surface area contributed by atoms with Gasteiger partial charge in [0, 0.05) is 12.8 Å². The zero-order chi connectivity index (χ0) is 46.4. The average Bonchev–Trinajstić information content (AvgIpc) is 3.26. The minimum atomic E-state index is -5.12. The minimum absolute atomic E-state index is 0.0957. The second kappa shape index (κ2) is 39.5. The molecule has 0 aromatic heterocycles. The van der Waals surface area contributed by atoms with E-state index < -0.39 is 75.7 Å². The molecule has 0 spiro atoms. The predicted octanol–water partition coefficient (Wildman–Crippen LogP) is 10.4. The van der Waals surface area contributed by atoms with Gasteiger partial charge in [-0.3, -0.25) is 18.6 Å². The highest BCUT2D eigenvalue weighted by Gasteiger charge is 2.51. The number of rotatable bonds is 42. The maximum absolute atomic E-state index is 12.8. The summed E-state index contributed by atoms with van der Waals surface area (Å²) in [4.78, 5) is 35.8. The van der Waals surface area contributed by atoms with Crippen LogP contribution >= 0.6 is 7.82 Å². The van der Waals surface area contributed by atoms with Crippen molar-refractivity contribution in [1.29, 1.82) is 0 Å². The van der Waals surface area contributed by atoms with E-state index >= 15 is 0 Å². The van der Waals surface area contributed by atoms with Gasteiger partial charge in [-0.2, -0.15) is 0 Å². The van der Waals surface area contributed by atoms with Crippen molar-refractivity contribution in [2.75, 3.05) is 13.2 Å². The van der Waals surface area contributed by atoms with Crippen molar-refractivity contribution in [3.63, 3.8) is 0 Å². The first-order chi connectivity index (χ1) is 30.4. The van der Waals surface area contributed by atoms with Gasteiger partial charge in [0.05, 0.1) is 6.61 Å². The number of phosphoric acid groups is 1. The SMILES string of the molecule is CCCCCC/C=C/CCCCCCCCCC(=O)OC[C@H](COP(=O)(O)OC1C(O)C(O)C(O)[C@@H](O)C1O)OC(=O)CCCCCCCCCCC/C=C/CCCCCCCC. The maximum atomic E-state index is 12.8. The fourth-order valence-corrected chi connectivity index (χ4v) is 8.66. The summed E-state index contributed by atoms with van der Waals surface area (Å²) in [6.45, 7) is 3.30. The van der Waals surface area contributed by atoms with Crippen molar-refractivity contribution in [1.82, 2.24) is 0 Å². The van der Waals surface area contributed by atoms with Crippen LogP contribution in [0, 0.1) is 0 Å². The van der Waals surface area contributed by atoms with Crippen LogP contribution in [-0.2, 0) is 32.7 Å². The van der Waals surface area contributed by atoms with Crippen molar-refractivity contribution in [3.05, 3.63) is 24.3 Å². The number of hydrogen-bond donors (Lipinski definition) is 6. The molecule has 14 heteroatoms. The predicted molar refractivity (Wildman–Crippen MR) is 249 cm³/mol. The molecule has 1 fully saturated rings. The van der Waals surface area contributed by atoms with Crippen LogP contribution < -0.4 is 0 Å². The maximum Gasteiger partial charge on any atom is 0.472 e. The van der Waals surface area contributed by atoms with Crippen LogP contribution in [0.25, 0.3) is 0 Å². The smallest absolute Gasteiger partial charge is 0.462 e. The lowest BCUT2D eigenvalue weighted by Crippen LogP contribution is -2.64. The molecule has 1 aliphatic rings. The van der Waals surface area contributed by atoms with Crippen LogP contribution in [0.1, 0.15) is 219 Å². The van der Waals surface area contributed by atoms with Gasteiger partial charge in [0.2, 0.25) is 0 Å². The fourth-order valence-electron chi connectivity index (χ4n) is 7.69. The van der Waals surface area contributed by atoms with Gasteiger partial charge >= 0.3 is 19.8 Å². The number of aliphatic hydroxyl groups excluding tert-OH is 5. The van der Waals surface area contributed by atoms with Gasteiger partial charge in [0.15, 0.2) is 6.10 Å². The number of carbonyl (C=O) groups is 2. The van der Waals surface area contributed by atoms with E-state index in [4.69, 9.17) is 18.5 Å². The molecule has 6 N–H and O–H groups in total. The van der Waals surface area contributed by atoms with Crippen LogP contribution in [0.15, 0.2) is 24.3 Å². The van der Waals surface area contributed by atoms with E-state index in [-0.39, 0.29) is 12.8 Å². The van der Waals surface area contributed by atoms with Crippen molar-refractivity contribution < 1.29 is 63.1 Å². The Balaban J connectivity index is 2.41. The summed E-state index contributed by atoms with van der Waals surface area (Å²) in [6, 6.07) is 0. The normalized spacial score (nSPS) is 21.8. The molecule has 0 amide bonds. The zero-order valence-electron chi connectivity index (χ0n) is 39.4. The number of phosphoric ester groups is 1. The lowest BCUT2D eigenvalue weighted by molar-refractivity contribution is -0.220. The third-order valence-corrected chi connectivity index (χ3v) is 12.8. The van der Waals surface area contributed by atoms with Gasteiger partial charge in [-0.15, -0.1) is 0 Å². The summed E-state index contributed by atoms with van der Waals surface area (Å²) >= 11 is 0. The lowest BCUT2D eigenvalue weighted by atomic mass is 9.85. The van der Waals surface area contributed by atoms with Crippen molar-refractivity contribution >= 4 is 19.8 Å². The first kappa shape index (κ1) is 59.3. The fraction of sp³-hybridized carbons (Fsp3) is 0.878. The van der Waals surface area contributed by atoms with Crippen molar-refractivity contribution in [2.45, 2.75) is 262 Å². The summed E-state index contributed by atoms with van der Waals surface area (Å²) in [5, 5.41) is 50.2. The van der Waals surface area contributed by atoms with E-state index in [9.17, 15) is 44.6 Å². The number of carbonyl (C=O) groups excluding carboxylic acids is 2. The summed E-state index contributed by atoms with van der Waals surface area (Å²) in [5.41, 5.74) is 0.